The predicted molar refractivity (Wildman–Crippen MR) is 124 cm³/mol. The Labute approximate surface area is 191 Å². The molecule has 0 spiro atoms. The first-order valence-electron chi connectivity index (χ1n) is 11.6. The van der Waals surface area contributed by atoms with Crippen molar-refractivity contribution in [1.82, 2.24) is 9.21 Å². The van der Waals surface area contributed by atoms with Crippen LogP contribution in [0.2, 0.25) is 0 Å². The average Bonchev–Trinajstić information content (AvgIpc) is 3.51. The van der Waals surface area contributed by atoms with Crippen molar-refractivity contribution in [3.05, 3.63) is 59.7 Å². The van der Waals surface area contributed by atoms with Crippen molar-refractivity contribution in [3.8, 4) is 5.75 Å². The van der Waals surface area contributed by atoms with Crippen molar-refractivity contribution in [2.24, 2.45) is 0 Å². The standard InChI is InChI=1S/C25H32N2O4S/c1-2-31-22-12-10-21(11-13-22)24-6-5-19-27(24)25(28)16-9-20-7-14-23(15-8-20)32(29,30)26-17-3-4-18-26/h7-8,10-15,24H,2-6,9,16-19H2,1H3. The van der Waals surface area contributed by atoms with E-state index in [1.165, 1.54) is 0 Å². The molecule has 1 amide bonds. The van der Waals surface area contributed by atoms with Crippen LogP contribution >= 0.6 is 0 Å². The fourth-order valence-electron chi connectivity index (χ4n) is 4.67. The molecule has 2 fully saturated rings. The average molecular weight is 457 g/mol. The van der Waals surface area contributed by atoms with Gasteiger partial charge in [-0.3, -0.25) is 4.79 Å². The summed E-state index contributed by atoms with van der Waals surface area (Å²) < 4.78 is 32.4. The summed E-state index contributed by atoms with van der Waals surface area (Å²) in [5, 5.41) is 0. The molecule has 1 atom stereocenters. The third kappa shape index (κ3) is 4.99. The number of likely N-dealkylation sites (tertiary alicyclic amines) is 1. The van der Waals surface area contributed by atoms with E-state index < -0.39 is 10.0 Å². The number of carbonyl (C=O) groups excluding carboxylic acids is 1. The molecule has 0 bridgehead atoms. The second-order valence-corrected chi connectivity index (χ2v) is 10.4. The second-order valence-electron chi connectivity index (χ2n) is 8.50. The van der Waals surface area contributed by atoms with Gasteiger partial charge in [-0.15, -0.1) is 0 Å². The normalized spacial score (nSPS) is 19.4. The zero-order valence-corrected chi connectivity index (χ0v) is 19.5. The van der Waals surface area contributed by atoms with Gasteiger partial charge in [0.05, 0.1) is 17.5 Å². The maximum absolute atomic E-state index is 13.0. The van der Waals surface area contributed by atoms with Crippen molar-refractivity contribution in [2.75, 3.05) is 26.2 Å². The molecule has 2 aromatic carbocycles. The Morgan fingerprint density at radius 3 is 2.31 bits per heavy atom. The van der Waals surface area contributed by atoms with Crippen LogP contribution in [-0.4, -0.2) is 49.8 Å². The van der Waals surface area contributed by atoms with Crippen molar-refractivity contribution in [3.63, 3.8) is 0 Å². The largest absolute Gasteiger partial charge is 0.494 e. The van der Waals surface area contributed by atoms with Gasteiger partial charge in [0.2, 0.25) is 15.9 Å². The summed E-state index contributed by atoms with van der Waals surface area (Å²) >= 11 is 0. The minimum absolute atomic E-state index is 0.117. The van der Waals surface area contributed by atoms with E-state index in [4.69, 9.17) is 4.74 Å². The summed E-state index contributed by atoms with van der Waals surface area (Å²) in [5.41, 5.74) is 2.13. The summed E-state index contributed by atoms with van der Waals surface area (Å²) in [7, 11) is -3.40. The molecule has 2 aliphatic rings. The highest BCUT2D eigenvalue weighted by Crippen LogP contribution is 2.33. The quantitative estimate of drug-likeness (QED) is 0.598. The monoisotopic (exact) mass is 456 g/mol. The number of rotatable bonds is 8. The van der Waals surface area contributed by atoms with Crippen molar-refractivity contribution < 1.29 is 17.9 Å². The highest BCUT2D eigenvalue weighted by molar-refractivity contribution is 7.89. The highest BCUT2D eigenvalue weighted by atomic mass is 32.2. The molecule has 0 aliphatic carbocycles. The van der Waals surface area contributed by atoms with E-state index in [0.717, 1.165) is 49.1 Å². The predicted octanol–water partition coefficient (Wildman–Crippen LogP) is 4.17. The lowest BCUT2D eigenvalue weighted by Gasteiger charge is -2.25. The summed E-state index contributed by atoms with van der Waals surface area (Å²) in [6.45, 7) is 4.58. The van der Waals surface area contributed by atoms with Gasteiger partial charge in [-0.1, -0.05) is 24.3 Å². The molecule has 0 saturated carbocycles. The van der Waals surface area contributed by atoms with Gasteiger partial charge < -0.3 is 9.64 Å². The van der Waals surface area contributed by atoms with Crippen LogP contribution in [0.1, 0.15) is 56.2 Å². The number of hydrogen-bond acceptors (Lipinski definition) is 4. The summed E-state index contributed by atoms with van der Waals surface area (Å²) in [5.74, 6) is 0.998. The number of sulfonamides is 1. The van der Waals surface area contributed by atoms with Gasteiger partial charge in [-0.05, 0) is 74.4 Å². The molecule has 2 saturated heterocycles. The molecule has 172 valence electrons. The first-order valence-corrected chi connectivity index (χ1v) is 13.0. The lowest BCUT2D eigenvalue weighted by atomic mass is 10.0. The molecule has 32 heavy (non-hydrogen) atoms. The third-order valence-corrected chi connectivity index (χ3v) is 8.32. The summed E-state index contributed by atoms with van der Waals surface area (Å²) in [6, 6.07) is 15.2. The van der Waals surface area contributed by atoms with Crippen LogP contribution in [0.25, 0.3) is 0 Å². The molecule has 2 heterocycles. The Morgan fingerprint density at radius 2 is 1.66 bits per heavy atom. The van der Waals surface area contributed by atoms with Crippen LogP contribution in [0, 0.1) is 0 Å². The van der Waals surface area contributed by atoms with E-state index in [1.807, 2.05) is 36.1 Å². The number of carbonyl (C=O) groups is 1. The Balaban J connectivity index is 1.35. The van der Waals surface area contributed by atoms with E-state index in [0.29, 0.717) is 37.4 Å². The summed E-state index contributed by atoms with van der Waals surface area (Å²) in [4.78, 5) is 15.3. The van der Waals surface area contributed by atoms with Crippen molar-refractivity contribution >= 4 is 15.9 Å². The first kappa shape index (κ1) is 22.8. The smallest absolute Gasteiger partial charge is 0.243 e. The lowest BCUT2D eigenvalue weighted by molar-refractivity contribution is -0.132. The van der Waals surface area contributed by atoms with E-state index >= 15 is 0 Å². The molecule has 6 nitrogen and oxygen atoms in total. The van der Waals surface area contributed by atoms with Gasteiger partial charge in [-0.25, -0.2) is 8.42 Å². The topological polar surface area (TPSA) is 66.9 Å². The maximum atomic E-state index is 13.0. The zero-order chi connectivity index (χ0) is 22.6. The molecule has 7 heteroatoms. The Bertz CT molecular complexity index is 1010. The lowest BCUT2D eigenvalue weighted by Crippen LogP contribution is -2.30. The van der Waals surface area contributed by atoms with E-state index in [-0.39, 0.29) is 11.9 Å². The molecular formula is C25H32N2O4S. The molecule has 4 rings (SSSR count). The number of ether oxygens (including phenoxy) is 1. The number of nitrogens with zero attached hydrogens (tertiary/aromatic N) is 2. The first-order chi connectivity index (χ1) is 15.5. The van der Waals surface area contributed by atoms with Crippen molar-refractivity contribution in [2.45, 2.75) is 56.4 Å². The van der Waals surface area contributed by atoms with Gasteiger partial charge >= 0.3 is 0 Å². The van der Waals surface area contributed by atoms with Crippen LogP contribution in [0.15, 0.2) is 53.4 Å². The van der Waals surface area contributed by atoms with Gasteiger partial charge in [0.1, 0.15) is 5.75 Å². The molecular weight excluding hydrogens is 424 g/mol. The molecule has 0 N–H and O–H groups in total. The second kappa shape index (κ2) is 10.0. The number of amides is 1. The molecule has 0 aromatic heterocycles. The number of benzene rings is 2. The highest BCUT2D eigenvalue weighted by Gasteiger charge is 2.30. The van der Waals surface area contributed by atoms with Crippen LogP contribution in [-0.2, 0) is 21.2 Å². The van der Waals surface area contributed by atoms with Crippen LogP contribution in [0.4, 0.5) is 0 Å². The van der Waals surface area contributed by atoms with E-state index in [1.54, 1.807) is 16.4 Å². The van der Waals surface area contributed by atoms with Gasteiger partial charge in [0.25, 0.3) is 0 Å². The van der Waals surface area contributed by atoms with Gasteiger partial charge in [-0.2, -0.15) is 4.31 Å². The molecule has 2 aromatic rings. The van der Waals surface area contributed by atoms with Gasteiger partial charge in [0.15, 0.2) is 0 Å². The fraction of sp³-hybridized carbons (Fsp3) is 0.480. The van der Waals surface area contributed by atoms with Crippen LogP contribution in [0.3, 0.4) is 0 Å². The Hall–Kier alpha value is -2.38. The molecule has 1 unspecified atom stereocenters. The maximum Gasteiger partial charge on any atom is 0.243 e. The van der Waals surface area contributed by atoms with E-state index in [2.05, 4.69) is 12.1 Å². The number of aryl methyl sites for hydroxylation is 1. The van der Waals surface area contributed by atoms with E-state index in [9.17, 15) is 13.2 Å². The zero-order valence-electron chi connectivity index (χ0n) is 18.7. The summed E-state index contributed by atoms with van der Waals surface area (Å²) in [6.07, 6.45) is 4.86. The molecule has 0 radical (unpaired) electrons. The van der Waals surface area contributed by atoms with Gasteiger partial charge in [0, 0.05) is 26.1 Å². The third-order valence-electron chi connectivity index (χ3n) is 6.40. The Morgan fingerprint density at radius 1 is 0.969 bits per heavy atom. The Kier molecular flexibility index (Phi) is 7.16. The minimum Gasteiger partial charge on any atom is -0.494 e. The van der Waals surface area contributed by atoms with Crippen LogP contribution in [0.5, 0.6) is 5.75 Å². The fourth-order valence-corrected chi connectivity index (χ4v) is 6.18. The number of hydrogen-bond donors (Lipinski definition) is 0. The minimum atomic E-state index is -3.40. The SMILES string of the molecule is CCOc1ccc(C2CCCN2C(=O)CCc2ccc(S(=O)(=O)N3CCCC3)cc2)cc1. The van der Waals surface area contributed by atoms with Crippen LogP contribution < -0.4 is 4.74 Å². The van der Waals surface area contributed by atoms with Crippen molar-refractivity contribution in [1.29, 1.82) is 0 Å². The molecule has 2 aliphatic heterocycles.